The van der Waals surface area contributed by atoms with Gasteiger partial charge in [0.15, 0.2) is 0 Å². The summed E-state index contributed by atoms with van der Waals surface area (Å²) in [7, 11) is 4.12. The zero-order valence-corrected chi connectivity index (χ0v) is 12.0. The van der Waals surface area contributed by atoms with Crippen molar-refractivity contribution in [2.45, 2.75) is 26.7 Å². The molecule has 0 radical (unpaired) electrons. The van der Waals surface area contributed by atoms with Crippen LogP contribution < -0.4 is 10.6 Å². The summed E-state index contributed by atoms with van der Waals surface area (Å²) in [6, 6.07) is 1.97. The van der Waals surface area contributed by atoms with Gasteiger partial charge in [0.25, 0.3) is 0 Å². The van der Waals surface area contributed by atoms with Crippen LogP contribution in [-0.2, 0) is 0 Å². The minimum absolute atomic E-state index is 0.718. The number of likely N-dealkylation sites (N-methyl/N-ethyl adjacent to an activating group) is 1. The maximum absolute atomic E-state index is 4.45. The molecule has 0 unspecified atom stereocenters. The van der Waals surface area contributed by atoms with Gasteiger partial charge in [0, 0.05) is 31.4 Å². The molecule has 1 aromatic heterocycles. The number of aromatic nitrogens is 2. The van der Waals surface area contributed by atoms with Crippen molar-refractivity contribution in [3.05, 3.63) is 11.8 Å². The molecule has 0 spiro atoms. The second kappa shape index (κ2) is 7.87. The largest absolute Gasteiger partial charge is 0.369 e. The number of anilines is 2. The van der Waals surface area contributed by atoms with Gasteiger partial charge in [-0.1, -0.05) is 13.3 Å². The highest BCUT2D eigenvalue weighted by Crippen LogP contribution is 2.09. The van der Waals surface area contributed by atoms with E-state index in [9.17, 15) is 0 Å². The van der Waals surface area contributed by atoms with Crippen LogP contribution in [0.3, 0.4) is 0 Å². The Kier molecular flexibility index (Phi) is 6.43. The second-order valence-corrected chi connectivity index (χ2v) is 4.73. The van der Waals surface area contributed by atoms with E-state index in [1.807, 2.05) is 13.0 Å². The highest BCUT2D eigenvalue weighted by atomic mass is 15.2. The predicted molar refractivity (Wildman–Crippen MR) is 77.2 cm³/mol. The van der Waals surface area contributed by atoms with Gasteiger partial charge in [0.05, 0.1) is 0 Å². The van der Waals surface area contributed by atoms with Gasteiger partial charge >= 0.3 is 0 Å². The summed E-state index contributed by atoms with van der Waals surface area (Å²) in [5.41, 5.74) is 0.983. The second-order valence-electron chi connectivity index (χ2n) is 4.73. The highest BCUT2D eigenvalue weighted by molar-refractivity contribution is 5.42. The molecule has 1 aromatic rings. The summed E-state index contributed by atoms with van der Waals surface area (Å²) in [6.07, 6.45) is 2.31. The molecule has 2 N–H and O–H groups in total. The zero-order valence-electron chi connectivity index (χ0n) is 12.0. The summed E-state index contributed by atoms with van der Waals surface area (Å²) in [4.78, 5) is 11.0. The first-order valence-electron chi connectivity index (χ1n) is 6.60. The molecule has 18 heavy (non-hydrogen) atoms. The van der Waals surface area contributed by atoms with Crippen molar-refractivity contribution in [2.75, 3.05) is 44.4 Å². The van der Waals surface area contributed by atoms with E-state index in [2.05, 4.69) is 46.5 Å². The fraction of sp³-hybridized carbons (Fsp3) is 0.692. The number of aryl methyl sites for hydroxylation is 1. The summed E-state index contributed by atoms with van der Waals surface area (Å²) < 4.78 is 0. The standard InChI is InChI=1S/C13H25N5/c1-5-6-7-15-13-16-11(2)10-12(17-13)14-8-9-18(3)4/h10H,5-9H2,1-4H3,(H2,14,15,16,17). The van der Waals surface area contributed by atoms with E-state index in [0.29, 0.717) is 0 Å². The Hall–Kier alpha value is -1.36. The minimum Gasteiger partial charge on any atom is -0.369 e. The number of rotatable bonds is 8. The molecule has 0 aliphatic heterocycles. The third kappa shape index (κ3) is 5.82. The van der Waals surface area contributed by atoms with Gasteiger partial charge in [-0.25, -0.2) is 4.98 Å². The van der Waals surface area contributed by atoms with Crippen LogP contribution in [0.1, 0.15) is 25.5 Å². The number of unbranched alkanes of at least 4 members (excludes halogenated alkanes) is 1. The third-order valence-corrected chi connectivity index (χ3v) is 2.53. The van der Waals surface area contributed by atoms with Crippen molar-refractivity contribution in [3.63, 3.8) is 0 Å². The average molecular weight is 251 g/mol. The lowest BCUT2D eigenvalue weighted by Gasteiger charge is -2.12. The quantitative estimate of drug-likeness (QED) is 0.692. The van der Waals surface area contributed by atoms with E-state index < -0.39 is 0 Å². The first-order valence-corrected chi connectivity index (χ1v) is 6.60. The Bertz CT molecular complexity index is 351. The molecule has 1 heterocycles. The van der Waals surface area contributed by atoms with E-state index >= 15 is 0 Å². The Morgan fingerprint density at radius 2 is 1.94 bits per heavy atom. The average Bonchev–Trinajstić information content (AvgIpc) is 2.28. The lowest BCUT2D eigenvalue weighted by Crippen LogP contribution is -2.21. The fourth-order valence-corrected chi connectivity index (χ4v) is 1.52. The maximum atomic E-state index is 4.45. The van der Waals surface area contributed by atoms with Gasteiger partial charge in [-0.05, 0) is 27.4 Å². The number of hydrogen-bond acceptors (Lipinski definition) is 5. The molecular formula is C13H25N5. The molecule has 0 saturated heterocycles. The third-order valence-electron chi connectivity index (χ3n) is 2.53. The minimum atomic E-state index is 0.718. The Labute approximate surface area is 110 Å². The van der Waals surface area contributed by atoms with Gasteiger partial charge in [-0.15, -0.1) is 0 Å². The topological polar surface area (TPSA) is 53.1 Å². The van der Waals surface area contributed by atoms with Gasteiger partial charge in [-0.3, -0.25) is 0 Å². The first-order chi connectivity index (χ1) is 8.61. The normalized spacial score (nSPS) is 10.7. The van der Waals surface area contributed by atoms with Crippen LogP contribution in [-0.4, -0.2) is 48.6 Å². The van der Waals surface area contributed by atoms with Gasteiger partial charge in [0.2, 0.25) is 5.95 Å². The van der Waals surface area contributed by atoms with Crippen molar-refractivity contribution in [1.82, 2.24) is 14.9 Å². The van der Waals surface area contributed by atoms with Crippen LogP contribution in [0, 0.1) is 6.92 Å². The maximum Gasteiger partial charge on any atom is 0.224 e. The van der Waals surface area contributed by atoms with Gasteiger partial charge in [0.1, 0.15) is 5.82 Å². The fourth-order valence-electron chi connectivity index (χ4n) is 1.52. The lowest BCUT2D eigenvalue weighted by atomic mass is 10.3. The van der Waals surface area contributed by atoms with E-state index in [1.165, 1.54) is 6.42 Å². The van der Waals surface area contributed by atoms with Crippen LogP contribution in [0.4, 0.5) is 11.8 Å². The predicted octanol–water partition coefficient (Wildman–Crippen LogP) is 1.97. The Morgan fingerprint density at radius 3 is 2.61 bits per heavy atom. The van der Waals surface area contributed by atoms with Gasteiger partial charge < -0.3 is 15.5 Å². The molecule has 0 aliphatic carbocycles. The van der Waals surface area contributed by atoms with Crippen molar-refractivity contribution in [2.24, 2.45) is 0 Å². The monoisotopic (exact) mass is 251 g/mol. The SMILES string of the molecule is CCCCNc1nc(C)cc(NCCN(C)C)n1. The molecular weight excluding hydrogens is 226 g/mol. The molecule has 0 bridgehead atoms. The van der Waals surface area contributed by atoms with E-state index in [0.717, 1.165) is 43.5 Å². The first kappa shape index (κ1) is 14.7. The Balaban J connectivity index is 2.51. The van der Waals surface area contributed by atoms with E-state index in [1.54, 1.807) is 0 Å². The van der Waals surface area contributed by atoms with E-state index in [4.69, 9.17) is 0 Å². The molecule has 0 aromatic carbocycles. The van der Waals surface area contributed by atoms with Crippen molar-refractivity contribution in [3.8, 4) is 0 Å². The van der Waals surface area contributed by atoms with E-state index in [-0.39, 0.29) is 0 Å². The number of nitrogens with zero attached hydrogens (tertiary/aromatic N) is 3. The summed E-state index contributed by atoms with van der Waals surface area (Å²) >= 11 is 0. The Morgan fingerprint density at radius 1 is 1.17 bits per heavy atom. The van der Waals surface area contributed by atoms with Gasteiger partial charge in [-0.2, -0.15) is 4.98 Å². The summed E-state index contributed by atoms with van der Waals surface area (Å²) in [5, 5.41) is 6.57. The number of hydrogen-bond donors (Lipinski definition) is 2. The molecule has 0 amide bonds. The molecule has 0 atom stereocenters. The molecule has 0 fully saturated rings. The smallest absolute Gasteiger partial charge is 0.224 e. The zero-order chi connectivity index (χ0) is 13.4. The van der Waals surface area contributed by atoms with Crippen LogP contribution in [0.15, 0.2) is 6.07 Å². The van der Waals surface area contributed by atoms with Crippen molar-refractivity contribution >= 4 is 11.8 Å². The lowest BCUT2D eigenvalue weighted by molar-refractivity contribution is 0.425. The van der Waals surface area contributed by atoms with Crippen LogP contribution in [0.5, 0.6) is 0 Å². The highest BCUT2D eigenvalue weighted by Gasteiger charge is 2.01. The summed E-state index contributed by atoms with van der Waals surface area (Å²) in [6.45, 7) is 6.97. The number of nitrogens with one attached hydrogen (secondary N) is 2. The molecule has 5 heteroatoms. The molecule has 0 aliphatic rings. The van der Waals surface area contributed by atoms with Crippen molar-refractivity contribution in [1.29, 1.82) is 0 Å². The molecule has 1 rings (SSSR count). The van der Waals surface area contributed by atoms with Crippen LogP contribution in [0.2, 0.25) is 0 Å². The molecule has 5 nitrogen and oxygen atoms in total. The molecule has 102 valence electrons. The molecule has 0 saturated carbocycles. The van der Waals surface area contributed by atoms with Crippen LogP contribution in [0.25, 0.3) is 0 Å². The summed E-state index contributed by atoms with van der Waals surface area (Å²) in [5.74, 6) is 1.61. The van der Waals surface area contributed by atoms with Crippen molar-refractivity contribution < 1.29 is 0 Å². The van der Waals surface area contributed by atoms with Crippen LogP contribution >= 0.6 is 0 Å².